The van der Waals surface area contributed by atoms with Gasteiger partial charge in [-0.15, -0.1) is 0 Å². The van der Waals surface area contributed by atoms with Crippen LogP contribution in [0.25, 0.3) is 0 Å². The molecule has 1 N–H and O–H groups in total. The lowest BCUT2D eigenvalue weighted by Crippen LogP contribution is -2.27. The predicted molar refractivity (Wildman–Crippen MR) is 51.1 cm³/mol. The summed E-state index contributed by atoms with van der Waals surface area (Å²) in [4.78, 5) is 2.39. The standard InChI is InChI=1S/C10H19NO/c1-3-4-6-11-7-5-10(2,8-11)9-12/h3-4,12H,5-9H2,1-2H3/b4-3+. The van der Waals surface area contributed by atoms with E-state index < -0.39 is 0 Å². The Labute approximate surface area is 74.9 Å². The van der Waals surface area contributed by atoms with Gasteiger partial charge in [0.25, 0.3) is 0 Å². The molecule has 1 rings (SSSR count). The lowest BCUT2D eigenvalue weighted by molar-refractivity contribution is 0.147. The van der Waals surface area contributed by atoms with Crippen LogP contribution in [0.15, 0.2) is 12.2 Å². The molecule has 1 unspecified atom stereocenters. The third-order valence-corrected chi connectivity index (χ3v) is 2.62. The van der Waals surface area contributed by atoms with Gasteiger partial charge in [0.15, 0.2) is 0 Å². The molecular weight excluding hydrogens is 150 g/mol. The van der Waals surface area contributed by atoms with E-state index in [-0.39, 0.29) is 5.41 Å². The Hall–Kier alpha value is -0.340. The van der Waals surface area contributed by atoms with Gasteiger partial charge in [-0.3, -0.25) is 4.90 Å². The van der Waals surface area contributed by atoms with Crippen LogP contribution in [-0.4, -0.2) is 36.2 Å². The lowest BCUT2D eigenvalue weighted by Gasteiger charge is -2.20. The van der Waals surface area contributed by atoms with Crippen molar-refractivity contribution in [3.63, 3.8) is 0 Å². The molecule has 1 aliphatic heterocycles. The van der Waals surface area contributed by atoms with E-state index in [1.165, 1.54) is 0 Å². The van der Waals surface area contributed by atoms with Crippen molar-refractivity contribution in [1.82, 2.24) is 4.90 Å². The van der Waals surface area contributed by atoms with Gasteiger partial charge < -0.3 is 5.11 Å². The fourth-order valence-corrected chi connectivity index (χ4v) is 1.67. The first kappa shape index (κ1) is 9.75. The summed E-state index contributed by atoms with van der Waals surface area (Å²) in [6, 6.07) is 0. The summed E-state index contributed by atoms with van der Waals surface area (Å²) in [5.74, 6) is 0. The molecule has 0 aliphatic carbocycles. The van der Waals surface area contributed by atoms with Gasteiger partial charge in [0.1, 0.15) is 0 Å². The Morgan fingerprint density at radius 1 is 1.58 bits per heavy atom. The minimum absolute atomic E-state index is 0.154. The summed E-state index contributed by atoms with van der Waals surface area (Å²) in [5.41, 5.74) is 0.154. The highest BCUT2D eigenvalue weighted by atomic mass is 16.3. The Balaban J connectivity index is 2.35. The van der Waals surface area contributed by atoms with Crippen LogP contribution in [-0.2, 0) is 0 Å². The van der Waals surface area contributed by atoms with Crippen LogP contribution in [0.4, 0.5) is 0 Å². The summed E-state index contributed by atoms with van der Waals surface area (Å²) in [6.07, 6.45) is 5.37. The smallest absolute Gasteiger partial charge is 0.0497 e. The van der Waals surface area contributed by atoms with Crippen molar-refractivity contribution in [3.05, 3.63) is 12.2 Å². The van der Waals surface area contributed by atoms with Gasteiger partial charge in [-0.25, -0.2) is 0 Å². The van der Waals surface area contributed by atoms with Gasteiger partial charge >= 0.3 is 0 Å². The Morgan fingerprint density at radius 3 is 2.83 bits per heavy atom. The molecule has 1 saturated heterocycles. The van der Waals surface area contributed by atoms with Crippen molar-refractivity contribution in [2.24, 2.45) is 5.41 Å². The van der Waals surface area contributed by atoms with E-state index in [1.807, 2.05) is 6.92 Å². The Bertz CT molecular complexity index is 167. The summed E-state index contributed by atoms with van der Waals surface area (Å²) in [6.45, 7) is 7.71. The molecule has 12 heavy (non-hydrogen) atoms. The molecule has 0 aromatic rings. The van der Waals surface area contributed by atoms with E-state index in [0.29, 0.717) is 6.61 Å². The highest BCUT2D eigenvalue weighted by molar-refractivity contribution is 4.90. The first-order valence-electron chi connectivity index (χ1n) is 4.64. The second kappa shape index (κ2) is 4.06. The third-order valence-electron chi connectivity index (χ3n) is 2.62. The van der Waals surface area contributed by atoms with Crippen LogP contribution in [0.2, 0.25) is 0 Å². The monoisotopic (exact) mass is 169 g/mol. The number of likely N-dealkylation sites (tertiary alicyclic amines) is 1. The Kier molecular flexibility index (Phi) is 3.29. The average Bonchev–Trinajstić information content (AvgIpc) is 2.45. The van der Waals surface area contributed by atoms with E-state index in [0.717, 1.165) is 26.1 Å². The number of aliphatic hydroxyl groups is 1. The fourth-order valence-electron chi connectivity index (χ4n) is 1.67. The number of hydrogen-bond donors (Lipinski definition) is 1. The van der Waals surface area contributed by atoms with Gasteiger partial charge in [0.2, 0.25) is 0 Å². The fraction of sp³-hybridized carbons (Fsp3) is 0.800. The summed E-state index contributed by atoms with van der Waals surface area (Å²) >= 11 is 0. The van der Waals surface area contributed by atoms with E-state index in [4.69, 9.17) is 5.11 Å². The maximum atomic E-state index is 9.12. The van der Waals surface area contributed by atoms with E-state index in [2.05, 4.69) is 24.0 Å². The summed E-state index contributed by atoms with van der Waals surface area (Å²) in [7, 11) is 0. The molecule has 0 saturated carbocycles. The highest BCUT2D eigenvalue weighted by Gasteiger charge is 2.32. The van der Waals surface area contributed by atoms with Gasteiger partial charge in [-0.05, 0) is 19.9 Å². The maximum absolute atomic E-state index is 9.12. The number of nitrogens with zero attached hydrogens (tertiary/aromatic N) is 1. The molecule has 1 heterocycles. The number of aliphatic hydroxyl groups excluding tert-OH is 1. The topological polar surface area (TPSA) is 23.5 Å². The van der Waals surface area contributed by atoms with Crippen molar-refractivity contribution < 1.29 is 5.11 Å². The number of allylic oxidation sites excluding steroid dienone is 1. The van der Waals surface area contributed by atoms with Gasteiger partial charge in [-0.2, -0.15) is 0 Å². The maximum Gasteiger partial charge on any atom is 0.0497 e. The van der Waals surface area contributed by atoms with Crippen molar-refractivity contribution in [3.8, 4) is 0 Å². The van der Waals surface area contributed by atoms with E-state index in [1.54, 1.807) is 0 Å². The highest BCUT2D eigenvalue weighted by Crippen LogP contribution is 2.28. The van der Waals surface area contributed by atoms with Crippen molar-refractivity contribution in [2.75, 3.05) is 26.2 Å². The molecule has 0 aromatic heterocycles. The minimum Gasteiger partial charge on any atom is -0.396 e. The lowest BCUT2D eigenvalue weighted by atomic mass is 9.91. The van der Waals surface area contributed by atoms with Crippen LogP contribution in [0, 0.1) is 5.41 Å². The molecule has 0 bridgehead atoms. The molecule has 1 atom stereocenters. The molecule has 1 aliphatic rings. The number of rotatable bonds is 3. The van der Waals surface area contributed by atoms with Gasteiger partial charge in [0.05, 0.1) is 0 Å². The quantitative estimate of drug-likeness (QED) is 0.643. The zero-order valence-corrected chi connectivity index (χ0v) is 8.08. The zero-order chi connectivity index (χ0) is 9.03. The Morgan fingerprint density at radius 2 is 2.33 bits per heavy atom. The van der Waals surface area contributed by atoms with Crippen LogP contribution < -0.4 is 0 Å². The predicted octanol–water partition coefficient (Wildman–Crippen LogP) is 1.27. The second-order valence-electron chi connectivity index (χ2n) is 4.02. The van der Waals surface area contributed by atoms with Gasteiger partial charge in [0, 0.05) is 25.1 Å². The molecule has 2 heteroatoms. The SMILES string of the molecule is C/C=C/CN1CCC(C)(CO)C1. The molecule has 0 spiro atoms. The molecular formula is C10H19NO. The number of hydrogen-bond acceptors (Lipinski definition) is 2. The average molecular weight is 169 g/mol. The minimum atomic E-state index is 0.154. The van der Waals surface area contributed by atoms with Crippen LogP contribution in [0.5, 0.6) is 0 Å². The van der Waals surface area contributed by atoms with Crippen LogP contribution in [0.3, 0.4) is 0 Å². The molecule has 0 radical (unpaired) electrons. The molecule has 0 aromatic carbocycles. The molecule has 70 valence electrons. The van der Waals surface area contributed by atoms with Crippen LogP contribution in [0.1, 0.15) is 20.3 Å². The van der Waals surface area contributed by atoms with E-state index >= 15 is 0 Å². The van der Waals surface area contributed by atoms with Crippen molar-refractivity contribution in [2.45, 2.75) is 20.3 Å². The van der Waals surface area contributed by atoms with E-state index in [9.17, 15) is 0 Å². The molecule has 2 nitrogen and oxygen atoms in total. The third kappa shape index (κ3) is 2.32. The van der Waals surface area contributed by atoms with Crippen molar-refractivity contribution in [1.29, 1.82) is 0 Å². The second-order valence-corrected chi connectivity index (χ2v) is 4.02. The van der Waals surface area contributed by atoms with Gasteiger partial charge in [-0.1, -0.05) is 19.1 Å². The molecule has 1 fully saturated rings. The van der Waals surface area contributed by atoms with Crippen molar-refractivity contribution >= 4 is 0 Å². The summed E-state index contributed by atoms with van der Waals surface area (Å²) in [5, 5.41) is 9.12. The summed E-state index contributed by atoms with van der Waals surface area (Å²) < 4.78 is 0. The van der Waals surface area contributed by atoms with Crippen LogP contribution >= 0.6 is 0 Å². The first-order chi connectivity index (χ1) is 5.70. The zero-order valence-electron chi connectivity index (χ0n) is 8.08. The first-order valence-corrected chi connectivity index (χ1v) is 4.64. The normalized spacial score (nSPS) is 31.9. The molecule has 0 amide bonds. The largest absolute Gasteiger partial charge is 0.396 e.